The van der Waals surface area contributed by atoms with Gasteiger partial charge in [-0.15, -0.1) is 0 Å². The average molecular weight is 437 g/mol. The smallest absolute Gasteiger partial charge is 0.219 e. The highest BCUT2D eigenvalue weighted by Crippen LogP contribution is 2.32. The van der Waals surface area contributed by atoms with Crippen LogP contribution in [0.5, 0.6) is 0 Å². The number of halogens is 1. The third-order valence-electron chi connectivity index (χ3n) is 5.55. The highest BCUT2D eigenvalue weighted by atomic mass is 35.5. The largest absolute Gasteiger partial charge is 1.00 e. The number of rotatable bonds is 3. The normalized spacial score (nSPS) is 14.0. The second-order valence-corrected chi connectivity index (χ2v) is 7.56. The number of nitrogens with zero attached hydrogens (tertiary/aromatic N) is 4. The summed E-state index contributed by atoms with van der Waals surface area (Å²) < 4.78 is 6.03. The van der Waals surface area contributed by atoms with Gasteiger partial charge >= 0.3 is 0 Å². The van der Waals surface area contributed by atoms with Crippen LogP contribution in [-0.4, -0.2) is 47.0 Å². The first kappa shape index (κ1) is 20.9. The summed E-state index contributed by atoms with van der Waals surface area (Å²) in [6.45, 7) is 6.73. The van der Waals surface area contributed by atoms with E-state index in [4.69, 9.17) is 4.42 Å². The molecule has 31 heavy (non-hydrogen) atoms. The first-order valence-corrected chi connectivity index (χ1v) is 10.1. The second-order valence-electron chi connectivity index (χ2n) is 7.56. The van der Waals surface area contributed by atoms with Crippen molar-refractivity contribution in [1.82, 2.24) is 14.9 Å². The molecular formula is C23H23ClN5O2-. The number of piperazine rings is 1. The van der Waals surface area contributed by atoms with Gasteiger partial charge in [0, 0.05) is 49.9 Å². The fourth-order valence-corrected chi connectivity index (χ4v) is 3.96. The highest BCUT2D eigenvalue weighted by Gasteiger charge is 2.19. The summed E-state index contributed by atoms with van der Waals surface area (Å²) in [5, 5.41) is 4.37. The highest BCUT2D eigenvalue weighted by molar-refractivity contribution is 6.06. The number of aromatic nitrogens is 2. The Kier molecular flexibility index (Phi) is 5.69. The van der Waals surface area contributed by atoms with Gasteiger partial charge in [0.15, 0.2) is 11.4 Å². The molecule has 0 unspecified atom stereocenters. The van der Waals surface area contributed by atoms with Crippen LogP contribution in [-0.2, 0) is 4.79 Å². The van der Waals surface area contributed by atoms with Crippen molar-refractivity contribution in [2.24, 2.45) is 0 Å². The van der Waals surface area contributed by atoms with Crippen molar-refractivity contribution in [3.63, 3.8) is 0 Å². The molecule has 1 saturated heterocycles. The van der Waals surface area contributed by atoms with Gasteiger partial charge in [-0.2, -0.15) is 0 Å². The van der Waals surface area contributed by atoms with Gasteiger partial charge in [-0.3, -0.25) is 4.79 Å². The van der Waals surface area contributed by atoms with Crippen molar-refractivity contribution in [2.45, 2.75) is 13.8 Å². The molecule has 8 heteroatoms. The van der Waals surface area contributed by atoms with Gasteiger partial charge in [0.1, 0.15) is 16.9 Å². The van der Waals surface area contributed by atoms with Crippen molar-refractivity contribution in [3.05, 3.63) is 54.4 Å². The SMILES string of the molecule is CC(=O)N1CCN(c2ccc(Nc3nc(C)nc4c3oc3ccccc34)cc2)CC1.[Cl-]. The topological polar surface area (TPSA) is 74.5 Å². The predicted octanol–water partition coefficient (Wildman–Crippen LogP) is 1.10. The molecule has 2 aromatic heterocycles. The molecule has 2 aromatic carbocycles. The van der Waals surface area contributed by atoms with Crippen LogP contribution in [0.3, 0.4) is 0 Å². The van der Waals surface area contributed by atoms with Crippen LogP contribution < -0.4 is 22.6 Å². The third kappa shape index (κ3) is 4.01. The summed E-state index contributed by atoms with van der Waals surface area (Å²) in [7, 11) is 0. The molecule has 0 aliphatic carbocycles. The van der Waals surface area contributed by atoms with Crippen molar-refractivity contribution >= 4 is 45.2 Å². The number of hydrogen-bond acceptors (Lipinski definition) is 6. The number of carbonyl (C=O) groups excluding carboxylic acids is 1. The van der Waals surface area contributed by atoms with E-state index < -0.39 is 0 Å². The number of furan rings is 1. The fraction of sp³-hybridized carbons (Fsp3) is 0.261. The van der Waals surface area contributed by atoms with Crippen LogP contribution in [0.4, 0.5) is 17.2 Å². The number of carbonyl (C=O) groups is 1. The molecule has 7 nitrogen and oxygen atoms in total. The van der Waals surface area contributed by atoms with Crippen LogP contribution in [0, 0.1) is 6.92 Å². The molecule has 0 bridgehead atoms. The van der Waals surface area contributed by atoms with E-state index in [0.717, 1.165) is 54.0 Å². The number of aryl methyl sites for hydroxylation is 1. The first-order chi connectivity index (χ1) is 14.6. The van der Waals surface area contributed by atoms with Gasteiger partial charge in [0.05, 0.1) is 0 Å². The number of nitrogens with one attached hydrogen (secondary N) is 1. The molecule has 4 aromatic rings. The van der Waals surface area contributed by atoms with E-state index in [9.17, 15) is 4.79 Å². The Morgan fingerprint density at radius 2 is 1.71 bits per heavy atom. The molecule has 0 spiro atoms. The Hall–Kier alpha value is -3.32. The number of hydrogen-bond donors (Lipinski definition) is 1. The molecule has 0 atom stereocenters. The summed E-state index contributed by atoms with van der Waals surface area (Å²) in [6, 6.07) is 16.2. The van der Waals surface area contributed by atoms with E-state index in [-0.39, 0.29) is 18.3 Å². The molecule has 0 saturated carbocycles. The monoisotopic (exact) mass is 436 g/mol. The predicted molar refractivity (Wildman–Crippen MR) is 118 cm³/mol. The summed E-state index contributed by atoms with van der Waals surface area (Å²) in [5.74, 6) is 1.50. The van der Waals surface area contributed by atoms with E-state index in [1.807, 2.05) is 48.2 Å². The quantitative estimate of drug-likeness (QED) is 0.518. The molecular weight excluding hydrogens is 414 g/mol. The minimum atomic E-state index is 0. The van der Waals surface area contributed by atoms with Crippen molar-refractivity contribution in [3.8, 4) is 0 Å². The van der Waals surface area contributed by atoms with Crippen LogP contribution in [0.15, 0.2) is 52.9 Å². The lowest BCUT2D eigenvalue weighted by atomic mass is 10.2. The average Bonchev–Trinajstić information content (AvgIpc) is 3.13. The molecule has 3 heterocycles. The van der Waals surface area contributed by atoms with Gasteiger partial charge in [0.2, 0.25) is 5.91 Å². The van der Waals surface area contributed by atoms with E-state index >= 15 is 0 Å². The second kappa shape index (κ2) is 8.43. The van der Waals surface area contributed by atoms with Crippen molar-refractivity contribution in [2.75, 3.05) is 36.4 Å². The molecule has 0 radical (unpaired) electrons. The number of para-hydroxylation sites is 1. The maximum Gasteiger partial charge on any atom is 0.219 e. The van der Waals surface area contributed by atoms with Crippen LogP contribution in [0.2, 0.25) is 0 Å². The Balaban J connectivity index is 0.00000231. The molecule has 160 valence electrons. The summed E-state index contributed by atoms with van der Waals surface area (Å²) in [5.41, 5.74) is 4.36. The standard InChI is InChI=1S/C23H23N5O2.ClH/c1-15-24-21-19-5-3-4-6-20(19)30-22(21)23(25-15)26-17-7-9-18(10-8-17)28-13-11-27(12-14-28)16(2)29;/h3-10H,11-14H2,1-2H3,(H,24,25,26);1H/p-1. The number of anilines is 3. The zero-order valence-corrected chi connectivity index (χ0v) is 18.2. The van der Waals surface area contributed by atoms with Crippen LogP contribution >= 0.6 is 0 Å². The molecule has 1 N–H and O–H groups in total. The third-order valence-corrected chi connectivity index (χ3v) is 5.55. The van der Waals surface area contributed by atoms with Gasteiger partial charge in [0.25, 0.3) is 0 Å². The lowest BCUT2D eigenvalue weighted by Crippen LogP contribution is -3.00. The summed E-state index contributed by atoms with van der Waals surface area (Å²) in [4.78, 5) is 24.9. The van der Waals surface area contributed by atoms with Crippen molar-refractivity contribution < 1.29 is 21.6 Å². The maximum absolute atomic E-state index is 11.5. The molecule has 1 aliphatic rings. The fourth-order valence-electron chi connectivity index (χ4n) is 3.96. The van der Waals surface area contributed by atoms with Crippen LogP contribution in [0.1, 0.15) is 12.7 Å². The van der Waals surface area contributed by atoms with E-state index in [1.54, 1.807) is 6.92 Å². The Labute approximate surface area is 186 Å². The summed E-state index contributed by atoms with van der Waals surface area (Å²) in [6.07, 6.45) is 0. The molecule has 1 fully saturated rings. The number of fused-ring (bicyclic) bond motifs is 3. The van der Waals surface area contributed by atoms with Gasteiger partial charge in [-0.05, 0) is 43.3 Å². The Morgan fingerprint density at radius 3 is 2.42 bits per heavy atom. The number of benzene rings is 2. The summed E-state index contributed by atoms with van der Waals surface area (Å²) >= 11 is 0. The first-order valence-electron chi connectivity index (χ1n) is 10.1. The maximum atomic E-state index is 11.5. The molecule has 1 aliphatic heterocycles. The Morgan fingerprint density at radius 1 is 1.00 bits per heavy atom. The van der Waals surface area contributed by atoms with Crippen LogP contribution in [0.25, 0.3) is 22.1 Å². The van der Waals surface area contributed by atoms with Gasteiger partial charge < -0.3 is 31.9 Å². The van der Waals surface area contributed by atoms with E-state index in [2.05, 4.69) is 32.3 Å². The number of amides is 1. The van der Waals surface area contributed by atoms with Gasteiger partial charge in [-0.25, -0.2) is 9.97 Å². The lowest BCUT2D eigenvalue weighted by Gasteiger charge is -2.35. The van der Waals surface area contributed by atoms with Crippen molar-refractivity contribution in [1.29, 1.82) is 0 Å². The lowest BCUT2D eigenvalue weighted by molar-refractivity contribution is -0.129. The molecule has 1 amide bonds. The van der Waals surface area contributed by atoms with Gasteiger partial charge in [-0.1, -0.05) is 12.1 Å². The van der Waals surface area contributed by atoms with E-state index in [1.165, 1.54) is 0 Å². The molecule has 5 rings (SSSR count). The zero-order chi connectivity index (χ0) is 20.7. The minimum absolute atomic E-state index is 0. The van der Waals surface area contributed by atoms with E-state index in [0.29, 0.717) is 17.2 Å². The zero-order valence-electron chi connectivity index (χ0n) is 17.4. The minimum Gasteiger partial charge on any atom is -1.00 e. The Bertz CT molecular complexity index is 1230.